The summed E-state index contributed by atoms with van der Waals surface area (Å²) >= 11 is 0. The molecule has 1 aliphatic carbocycles. The predicted molar refractivity (Wildman–Crippen MR) is 178 cm³/mol. The number of fused-ring (bicyclic) bond motifs is 7. The molecule has 234 valence electrons. The maximum atomic E-state index is 11.3. The SMILES string of the molecule is CC(C)(C)c1cc2cc(c1O)C=N[C@H]1CCCC[C@@H]1N=Cc1cc(cc(C(C)(C)C)c1O)COCc1cccc(c1)COC2. The Labute approximate surface area is 262 Å². The zero-order chi connectivity index (χ0) is 31.5. The van der Waals surface area contributed by atoms with E-state index in [9.17, 15) is 10.2 Å². The zero-order valence-electron chi connectivity index (χ0n) is 27.2. The van der Waals surface area contributed by atoms with E-state index in [4.69, 9.17) is 19.5 Å². The third-order valence-corrected chi connectivity index (χ3v) is 8.58. The highest BCUT2D eigenvalue weighted by Gasteiger charge is 2.26. The molecule has 2 aliphatic rings. The Morgan fingerprint density at radius 1 is 0.591 bits per heavy atom. The number of ether oxygens (including phenoxy) is 2. The minimum atomic E-state index is -0.247. The van der Waals surface area contributed by atoms with Crippen molar-refractivity contribution in [3.05, 3.63) is 93.0 Å². The van der Waals surface area contributed by atoms with Crippen LogP contribution in [0.5, 0.6) is 11.5 Å². The molecule has 0 amide bonds. The number of phenolic OH excluding ortho intramolecular Hbond substituents is 2. The highest BCUT2D eigenvalue weighted by molar-refractivity contribution is 5.86. The molecule has 0 spiro atoms. The molecule has 6 nitrogen and oxygen atoms in total. The van der Waals surface area contributed by atoms with E-state index < -0.39 is 0 Å². The Balaban J connectivity index is 1.56. The second-order valence-corrected chi connectivity index (χ2v) is 14.4. The first-order valence-corrected chi connectivity index (χ1v) is 15.9. The summed E-state index contributed by atoms with van der Waals surface area (Å²) in [7, 11) is 0. The quantitative estimate of drug-likeness (QED) is 0.274. The van der Waals surface area contributed by atoms with E-state index in [0.29, 0.717) is 37.6 Å². The fourth-order valence-corrected chi connectivity index (χ4v) is 6.12. The summed E-state index contributed by atoms with van der Waals surface area (Å²) in [4.78, 5) is 10.0. The van der Waals surface area contributed by atoms with Gasteiger partial charge in [0.2, 0.25) is 0 Å². The minimum absolute atomic E-state index is 0.00598. The Kier molecular flexibility index (Phi) is 9.62. The van der Waals surface area contributed by atoms with Crippen LogP contribution in [0, 0.1) is 0 Å². The van der Waals surface area contributed by atoms with E-state index in [2.05, 4.69) is 59.7 Å². The second-order valence-electron chi connectivity index (χ2n) is 14.4. The first-order valence-electron chi connectivity index (χ1n) is 15.9. The molecule has 1 fully saturated rings. The number of aromatic hydroxyl groups is 2. The molecule has 44 heavy (non-hydrogen) atoms. The molecule has 5 rings (SSSR count). The molecule has 3 aromatic rings. The third kappa shape index (κ3) is 7.77. The summed E-state index contributed by atoms with van der Waals surface area (Å²) in [6, 6.07) is 16.3. The molecule has 0 radical (unpaired) electrons. The van der Waals surface area contributed by atoms with Gasteiger partial charge in [-0.15, -0.1) is 0 Å². The average molecular weight is 597 g/mol. The van der Waals surface area contributed by atoms with Crippen LogP contribution in [-0.4, -0.2) is 34.7 Å². The van der Waals surface area contributed by atoms with Gasteiger partial charge in [-0.1, -0.05) is 78.6 Å². The van der Waals surface area contributed by atoms with Crippen LogP contribution in [0.2, 0.25) is 0 Å². The average Bonchev–Trinajstić information content (AvgIpc) is 2.96. The molecule has 1 saturated carbocycles. The fourth-order valence-electron chi connectivity index (χ4n) is 6.12. The lowest BCUT2D eigenvalue weighted by atomic mass is 9.84. The summed E-state index contributed by atoms with van der Waals surface area (Å²) in [5, 5.41) is 22.6. The molecule has 2 atom stereocenters. The van der Waals surface area contributed by atoms with E-state index >= 15 is 0 Å². The fraction of sp³-hybridized carbons (Fsp3) is 0.474. The van der Waals surface area contributed by atoms with Gasteiger partial charge >= 0.3 is 0 Å². The molecular formula is C38H48N2O4. The number of benzene rings is 3. The number of phenols is 2. The molecule has 2 N–H and O–H groups in total. The van der Waals surface area contributed by atoms with Gasteiger partial charge in [-0.05, 0) is 70.2 Å². The van der Waals surface area contributed by atoms with Crippen LogP contribution in [-0.2, 0) is 46.7 Å². The van der Waals surface area contributed by atoms with Crippen molar-refractivity contribution in [3.63, 3.8) is 0 Å². The molecule has 0 saturated heterocycles. The van der Waals surface area contributed by atoms with Crippen LogP contribution in [0.15, 0.2) is 58.5 Å². The summed E-state index contributed by atoms with van der Waals surface area (Å²) in [6.07, 6.45) is 7.69. The van der Waals surface area contributed by atoms with Gasteiger partial charge in [0.05, 0.1) is 38.5 Å². The zero-order valence-corrected chi connectivity index (χ0v) is 27.2. The van der Waals surface area contributed by atoms with Gasteiger partial charge in [0.1, 0.15) is 11.5 Å². The summed E-state index contributed by atoms with van der Waals surface area (Å²) in [5.41, 5.74) is 6.83. The molecule has 0 unspecified atom stereocenters. The number of hydrogen-bond acceptors (Lipinski definition) is 6. The Hall–Kier alpha value is -3.48. The molecule has 0 aromatic heterocycles. The second kappa shape index (κ2) is 13.3. The Morgan fingerprint density at radius 2 is 1.00 bits per heavy atom. The highest BCUT2D eigenvalue weighted by Crippen LogP contribution is 2.36. The minimum Gasteiger partial charge on any atom is -0.507 e. The monoisotopic (exact) mass is 596 g/mol. The molecule has 6 heteroatoms. The number of nitrogens with zero attached hydrogens (tertiary/aromatic N) is 2. The standard InChI is InChI=1S/C38H48N2O4/c1-37(2,3)31-17-27-15-29(35(31)41)19-39-33-12-7-8-13-34(33)40-20-30-16-28(18-32(36(30)42)38(4,5)6)24-44-22-26-11-9-10-25(14-26)21-43-23-27/h9-11,14-20,33-34,41-42H,7-8,12-13,21-24H2,1-6H3/t33-,34-/m0/s1. The molecule has 1 aliphatic heterocycles. The first kappa shape index (κ1) is 31.9. The van der Waals surface area contributed by atoms with E-state index in [1.807, 2.05) is 42.8 Å². The van der Waals surface area contributed by atoms with Crippen LogP contribution in [0.1, 0.15) is 112 Å². The van der Waals surface area contributed by atoms with Crippen LogP contribution < -0.4 is 0 Å². The van der Waals surface area contributed by atoms with Crippen molar-refractivity contribution in [1.29, 1.82) is 0 Å². The van der Waals surface area contributed by atoms with Crippen LogP contribution in [0.4, 0.5) is 0 Å². The summed E-state index contributed by atoms with van der Waals surface area (Å²) in [6.45, 7) is 14.4. The van der Waals surface area contributed by atoms with Gasteiger partial charge in [0, 0.05) is 34.7 Å². The Bertz CT molecular complexity index is 1420. The topological polar surface area (TPSA) is 83.6 Å². The van der Waals surface area contributed by atoms with E-state index in [0.717, 1.165) is 59.1 Å². The largest absolute Gasteiger partial charge is 0.507 e. The molecule has 1 heterocycles. The predicted octanol–water partition coefficient (Wildman–Crippen LogP) is 8.29. The van der Waals surface area contributed by atoms with Crippen molar-refractivity contribution in [3.8, 4) is 11.5 Å². The lowest BCUT2D eigenvalue weighted by molar-refractivity contribution is 0.103. The van der Waals surface area contributed by atoms with Crippen LogP contribution >= 0.6 is 0 Å². The Morgan fingerprint density at radius 3 is 1.41 bits per heavy atom. The van der Waals surface area contributed by atoms with Crippen molar-refractivity contribution >= 4 is 12.4 Å². The van der Waals surface area contributed by atoms with Crippen LogP contribution in [0.25, 0.3) is 0 Å². The van der Waals surface area contributed by atoms with Crippen molar-refractivity contribution < 1.29 is 19.7 Å². The van der Waals surface area contributed by atoms with E-state index in [1.54, 1.807) is 0 Å². The van der Waals surface area contributed by atoms with Gasteiger partial charge in [0.25, 0.3) is 0 Å². The van der Waals surface area contributed by atoms with Crippen molar-refractivity contribution in [2.24, 2.45) is 9.98 Å². The van der Waals surface area contributed by atoms with Crippen molar-refractivity contribution in [2.45, 2.75) is 117 Å². The smallest absolute Gasteiger partial charge is 0.128 e. The number of rotatable bonds is 0. The number of hydrogen-bond donors (Lipinski definition) is 2. The van der Waals surface area contributed by atoms with Gasteiger partial charge in [-0.25, -0.2) is 0 Å². The van der Waals surface area contributed by atoms with Gasteiger partial charge in [-0.2, -0.15) is 0 Å². The van der Waals surface area contributed by atoms with Gasteiger partial charge in [-0.3, -0.25) is 9.98 Å². The van der Waals surface area contributed by atoms with Crippen LogP contribution in [0.3, 0.4) is 0 Å². The van der Waals surface area contributed by atoms with Gasteiger partial charge < -0.3 is 19.7 Å². The maximum Gasteiger partial charge on any atom is 0.128 e. The summed E-state index contributed by atoms with van der Waals surface area (Å²) in [5.74, 6) is 0.534. The summed E-state index contributed by atoms with van der Waals surface area (Å²) < 4.78 is 12.4. The molecule has 6 bridgehead atoms. The molecule has 3 aromatic carbocycles. The normalized spacial score (nSPS) is 20.0. The first-order chi connectivity index (χ1) is 20.9. The van der Waals surface area contributed by atoms with E-state index in [-0.39, 0.29) is 34.4 Å². The molecular weight excluding hydrogens is 548 g/mol. The third-order valence-electron chi connectivity index (χ3n) is 8.58. The van der Waals surface area contributed by atoms with Crippen molar-refractivity contribution in [1.82, 2.24) is 0 Å². The lowest BCUT2D eigenvalue weighted by Gasteiger charge is -2.26. The van der Waals surface area contributed by atoms with Gasteiger partial charge in [0.15, 0.2) is 0 Å². The van der Waals surface area contributed by atoms with E-state index in [1.165, 1.54) is 0 Å². The number of aliphatic imine (C=N–C) groups is 2. The van der Waals surface area contributed by atoms with Crippen molar-refractivity contribution in [2.75, 3.05) is 0 Å². The maximum absolute atomic E-state index is 11.3. The highest BCUT2D eigenvalue weighted by atomic mass is 16.5. The lowest BCUT2D eigenvalue weighted by Crippen LogP contribution is -2.27.